The number of carbonyl (C=O) groups is 2. The summed E-state index contributed by atoms with van der Waals surface area (Å²) in [6, 6.07) is 15.6. The number of fused-ring (bicyclic) bond motifs is 1. The second-order valence-electron chi connectivity index (χ2n) is 7.95. The number of H-pyrrole nitrogens is 1. The van der Waals surface area contributed by atoms with Crippen LogP contribution >= 0.6 is 0 Å². The van der Waals surface area contributed by atoms with Gasteiger partial charge in [0.15, 0.2) is 5.69 Å². The topological polar surface area (TPSA) is 69.3 Å². The molecule has 4 rings (SSSR count). The molecule has 0 spiro atoms. The number of likely N-dealkylation sites (tertiary alicyclic amines) is 1. The molecule has 1 saturated heterocycles. The van der Waals surface area contributed by atoms with E-state index >= 15 is 0 Å². The number of nitrogens with zero attached hydrogens (tertiary/aromatic N) is 3. The highest BCUT2D eigenvalue weighted by atomic mass is 16.2. The number of hydrogen-bond donors (Lipinski definition) is 1. The van der Waals surface area contributed by atoms with Gasteiger partial charge >= 0.3 is 0 Å². The van der Waals surface area contributed by atoms with Crippen molar-refractivity contribution in [1.29, 1.82) is 0 Å². The maximum absolute atomic E-state index is 12.9. The van der Waals surface area contributed by atoms with Crippen LogP contribution in [0.1, 0.15) is 39.3 Å². The predicted molar refractivity (Wildman–Crippen MR) is 113 cm³/mol. The fourth-order valence-corrected chi connectivity index (χ4v) is 3.99. The molecular weight excluding hydrogens is 364 g/mol. The van der Waals surface area contributed by atoms with Gasteiger partial charge in [0.1, 0.15) is 0 Å². The number of nitrogens with one attached hydrogen (secondary N) is 1. The van der Waals surface area contributed by atoms with E-state index in [1.807, 2.05) is 53.4 Å². The lowest BCUT2D eigenvalue weighted by Gasteiger charge is -2.31. The van der Waals surface area contributed by atoms with E-state index in [-0.39, 0.29) is 11.8 Å². The Bertz CT molecular complexity index is 1010. The zero-order chi connectivity index (χ0) is 20.4. The van der Waals surface area contributed by atoms with E-state index in [2.05, 4.69) is 10.2 Å². The van der Waals surface area contributed by atoms with Crippen molar-refractivity contribution in [2.24, 2.45) is 5.92 Å². The SMILES string of the molecule is CN(C)C(=O)c1ccc(CC2CCN(C(=O)c3n[nH]c4ccccc34)CC2)cc1. The van der Waals surface area contributed by atoms with Gasteiger partial charge in [-0.2, -0.15) is 5.10 Å². The Morgan fingerprint density at radius 3 is 2.45 bits per heavy atom. The van der Waals surface area contributed by atoms with Crippen molar-refractivity contribution in [2.45, 2.75) is 19.3 Å². The molecule has 0 bridgehead atoms. The van der Waals surface area contributed by atoms with Gasteiger partial charge < -0.3 is 9.80 Å². The number of rotatable bonds is 4. The van der Waals surface area contributed by atoms with Crippen LogP contribution in [0.25, 0.3) is 10.9 Å². The average Bonchev–Trinajstić information content (AvgIpc) is 3.18. The van der Waals surface area contributed by atoms with Gasteiger partial charge in [0, 0.05) is 38.1 Å². The minimum Gasteiger partial charge on any atom is -0.345 e. The van der Waals surface area contributed by atoms with Crippen molar-refractivity contribution in [3.05, 3.63) is 65.4 Å². The highest BCUT2D eigenvalue weighted by Gasteiger charge is 2.26. The van der Waals surface area contributed by atoms with E-state index in [1.54, 1.807) is 19.0 Å². The van der Waals surface area contributed by atoms with Crippen LogP contribution in [0.5, 0.6) is 0 Å². The van der Waals surface area contributed by atoms with Crippen LogP contribution in [0.15, 0.2) is 48.5 Å². The fraction of sp³-hybridized carbons (Fsp3) is 0.348. The first-order valence-electron chi connectivity index (χ1n) is 10.1. The van der Waals surface area contributed by atoms with Gasteiger partial charge in [0.25, 0.3) is 11.8 Å². The van der Waals surface area contributed by atoms with E-state index in [9.17, 15) is 9.59 Å². The molecule has 29 heavy (non-hydrogen) atoms. The van der Waals surface area contributed by atoms with Crippen LogP contribution in [0.3, 0.4) is 0 Å². The van der Waals surface area contributed by atoms with Crippen molar-refractivity contribution in [3.63, 3.8) is 0 Å². The van der Waals surface area contributed by atoms with Gasteiger partial charge in [-0.25, -0.2) is 0 Å². The standard InChI is InChI=1S/C23H26N4O2/c1-26(2)22(28)18-9-7-16(8-10-18)15-17-11-13-27(14-12-17)23(29)21-19-5-3-4-6-20(19)24-25-21/h3-10,17H,11-15H2,1-2H3,(H,24,25). The van der Waals surface area contributed by atoms with Crippen LogP contribution in [0.2, 0.25) is 0 Å². The molecule has 2 amide bonds. The first-order chi connectivity index (χ1) is 14.0. The first kappa shape index (κ1) is 19.2. The largest absolute Gasteiger partial charge is 0.345 e. The molecular formula is C23H26N4O2. The number of amides is 2. The molecule has 1 aromatic heterocycles. The number of benzene rings is 2. The molecule has 0 aliphatic carbocycles. The van der Waals surface area contributed by atoms with Gasteiger partial charge in [0.05, 0.1) is 5.52 Å². The van der Waals surface area contributed by atoms with Crippen molar-refractivity contribution >= 4 is 22.7 Å². The summed E-state index contributed by atoms with van der Waals surface area (Å²) in [4.78, 5) is 28.4. The Balaban J connectivity index is 1.35. The molecule has 1 aliphatic heterocycles. The van der Waals surface area contributed by atoms with Crippen molar-refractivity contribution in [1.82, 2.24) is 20.0 Å². The minimum atomic E-state index is 0.00690. The van der Waals surface area contributed by atoms with Crippen LogP contribution in [0.4, 0.5) is 0 Å². The lowest BCUT2D eigenvalue weighted by molar-refractivity contribution is 0.0686. The summed E-state index contributed by atoms with van der Waals surface area (Å²) in [5, 5.41) is 8.07. The second kappa shape index (κ2) is 8.07. The molecule has 6 nitrogen and oxygen atoms in total. The number of carbonyl (C=O) groups excluding carboxylic acids is 2. The average molecular weight is 390 g/mol. The van der Waals surface area contributed by atoms with E-state index in [0.717, 1.165) is 43.3 Å². The molecule has 3 aromatic rings. The molecule has 6 heteroatoms. The number of piperidine rings is 1. The minimum absolute atomic E-state index is 0.00690. The van der Waals surface area contributed by atoms with Crippen LogP contribution in [-0.4, -0.2) is 59.0 Å². The van der Waals surface area contributed by atoms with E-state index in [4.69, 9.17) is 0 Å². The highest BCUT2D eigenvalue weighted by Crippen LogP contribution is 2.24. The number of aromatic nitrogens is 2. The predicted octanol–water partition coefficient (Wildman–Crippen LogP) is 3.36. The number of aromatic amines is 1. The third-order valence-electron chi connectivity index (χ3n) is 5.71. The Hall–Kier alpha value is -3.15. The fourth-order valence-electron chi connectivity index (χ4n) is 3.99. The Morgan fingerprint density at radius 1 is 1.07 bits per heavy atom. The monoisotopic (exact) mass is 390 g/mol. The molecule has 2 aromatic carbocycles. The molecule has 1 N–H and O–H groups in total. The summed E-state index contributed by atoms with van der Waals surface area (Å²) in [7, 11) is 3.52. The zero-order valence-electron chi connectivity index (χ0n) is 16.9. The van der Waals surface area contributed by atoms with Gasteiger partial charge in [-0.1, -0.05) is 30.3 Å². The second-order valence-corrected chi connectivity index (χ2v) is 7.95. The number of hydrogen-bond acceptors (Lipinski definition) is 3. The Kier molecular flexibility index (Phi) is 5.34. The van der Waals surface area contributed by atoms with E-state index in [1.165, 1.54) is 5.56 Å². The zero-order valence-corrected chi connectivity index (χ0v) is 16.9. The smallest absolute Gasteiger partial charge is 0.274 e. The lowest BCUT2D eigenvalue weighted by atomic mass is 9.89. The van der Waals surface area contributed by atoms with Crippen LogP contribution < -0.4 is 0 Å². The van der Waals surface area contributed by atoms with Crippen molar-refractivity contribution < 1.29 is 9.59 Å². The summed E-state index contributed by atoms with van der Waals surface area (Å²) in [5.74, 6) is 0.576. The molecule has 0 unspecified atom stereocenters. The van der Waals surface area contributed by atoms with Gasteiger partial charge in [-0.05, 0) is 48.9 Å². The van der Waals surface area contributed by atoms with Crippen LogP contribution in [-0.2, 0) is 6.42 Å². The summed E-state index contributed by atoms with van der Waals surface area (Å²) < 4.78 is 0. The van der Waals surface area contributed by atoms with E-state index < -0.39 is 0 Å². The quantitative estimate of drug-likeness (QED) is 0.743. The maximum Gasteiger partial charge on any atom is 0.274 e. The molecule has 0 radical (unpaired) electrons. The molecule has 2 heterocycles. The van der Waals surface area contributed by atoms with Crippen LogP contribution in [0, 0.1) is 5.92 Å². The highest BCUT2D eigenvalue weighted by molar-refractivity contribution is 6.04. The molecule has 0 atom stereocenters. The lowest BCUT2D eigenvalue weighted by Crippen LogP contribution is -2.39. The number of para-hydroxylation sites is 1. The molecule has 1 aliphatic rings. The van der Waals surface area contributed by atoms with Crippen molar-refractivity contribution in [2.75, 3.05) is 27.2 Å². The summed E-state index contributed by atoms with van der Waals surface area (Å²) in [5.41, 5.74) is 3.36. The van der Waals surface area contributed by atoms with Gasteiger partial charge in [-0.15, -0.1) is 0 Å². The molecule has 1 fully saturated rings. The van der Waals surface area contributed by atoms with E-state index in [0.29, 0.717) is 17.2 Å². The normalized spacial score (nSPS) is 14.9. The summed E-state index contributed by atoms with van der Waals surface area (Å²) in [6.07, 6.45) is 2.93. The summed E-state index contributed by atoms with van der Waals surface area (Å²) in [6.45, 7) is 1.50. The summed E-state index contributed by atoms with van der Waals surface area (Å²) >= 11 is 0. The maximum atomic E-state index is 12.9. The van der Waals surface area contributed by atoms with Gasteiger partial charge in [-0.3, -0.25) is 14.7 Å². The molecule has 0 saturated carbocycles. The Morgan fingerprint density at radius 2 is 1.76 bits per heavy atom. The molecule has 150 valence electrons. The van der Waals surface area contributed by atoms with Gasteiger partial charge in [0.2, 0.25) is 0 Å². The van der Waals surface area contributed by atoms with Crippen molar-refractivity contribution in [3.8, 4) is 0 Å². The first-order valence-corrected chi connectivity index (χ1v) is 10.1. The Labute approximate surface area is 170 Å². The third-order valence-corrected chi connectivity index (χ3v) is 5.71. The third kappa shape index (κ3) is 4.01.